The van der Waals surface area contributed by atoms with Crippen LogP contribution in [-0.4, -0.2) is 14.4 Å². The van der Waals surface area contributed by atoms with Gasteiger partial charge in [0.2, 0.25) is 0 Å². The lowest BCUT2D eigenvalue weighted by molar-refractivity contribution is 0.129. The standard InChI is InChI=1S/C16H24OSi/c1-18(2)16(12-13-8-4-3-5-9-13)14-10-6-7-11-15(14)17-18/h3-5,8-9,14-16H,6-7,10-12H2,1-2H3/t14-,15+,16?/m1/s1. The van der Waals surface area contributed by atoms with Gasteiger partial charge in [0.1, 0.15) is 0 Å². The monoisotopic (exact) mass is 260 g/mol. The summed E-state index contributed by atoms with van der Waals surface area (Å²) < 4.78 is 6.48. The third kappa shape index (κ3) is 2.28. The predicted octanol–water partition coefficient (Wildman–Crippen LogP) is 4.39. The van der Waals surface area contributed by atoms with E-state index in [-0.39, 0.29) is 0 Å². The fourth-order valence-electron chi connectivity index (χ4n) is 3.99. The topological polar surface area (TPSA) is 9.23 Å². The van der Waals surface area contributed by atoms with Gasteiger partial charge in [-0.05, 0) is 49.4 Å². The Balaban J connectivity index is 1.80. The molecule has 1 nitrogen and oxygen atoms in total. The molecule has 1 aliphatic heterocycles. The quantitative estimate of drug-likeness (QED) is 0.716. The van der Waals surface area contributed by atoms with Gasteiger partial charge in [-0.2, -0.15) is 0 Å². The van der Waals surface area contributed by atoms with Crippen LogP contribution in [0, 0.1) is 5.92 Å². The summed E-state index contributed by atoms with van der Waals surface area (Å²) in [5, 5.41) is 0. The van der Waals surface area contributed by atoms with Gasteiger partial charge >= 0.3 is 0 Å². The van der Waals surface area contributed by atoms with Crippen LogP contribution in [0.15, 0.2) is 30.3 Å². The summed E-state index contributed by atoms with van der Waals surface area (Å²) in [6.07, 6.45) is 7.34. The van der Waals surface area contributed by atoms with Crippen LogP contribution in [0.3, 0.4) is 0 Å². The maximum atomic E-state index is 6.48. The van der Waals surface area contributed by atoms with Crippen molar-refractivity contribution in [3.05, 3.63) is 35.9 Å². The smallest absolute Gasteiger partial charge is 0.190 e. The zero-order valence-electron chi connectivity index (χ0n) is 11.6. The second-order valence-corrected chi connectivity index (χ2v) is 10.7. The zero-order chi connectivity index (χ0) is 12.6. The summed E-state index contributed by atoms with van der Waals surface area (Å²) in [5.41, 5.74) is 2.32. The van der Waals surface area contributed by atoms with E-state index >= 15 is 0 Å². The molecule has 0 amide bonds. The van der Waals surface area contributed by atoms with E-state index in [0.29, 0.717) is 6.10 Å². The Bertz CT molecular complexity index is 401. The molecule has 1 saturated carbocycles. The van der Waals surface area contributed by atoms with Crippen LogP contribution in [0.4, 0.5) is 0 Å². The number of hydrogen-bond acceptors (Lipinski definition) is 1. The lowest BCUT2D eigenvalue weighted by Gasteiger charge is -2.29. The average molecular weight is 260 g/mol. The lowest BCUT2D eigenvalue weighted by Crippen LogP contribution is -2.32. The predicted molar refractivity (Wildman–Crippen MR) is 78.2 cm³/mol. The van der Waals surface area contributed by atoms with Crippen molar-refractivity contribution in [3.63, 3.8) is 0 Å². The van der Waals surface area contributed by atoms with E-state index in [9.17, 15) is 0 Å². The number of rotatable bonds is 2. The van der Waals surface area contributed by atoms with E-state index < -0.39 is 8.32 Å². The van der Waals surface area contributed by atoms with Crippen molar-refractivity contribution in [1.82, 2.24) is 0 Å². The fraction of sp³-hybridized carbons (Fsp3) is 0.625. The first-order valence-electron chi connectivity index (χ1n) is 7.38. The van der Waals surface area contributed by atoms with Gasteiger partial charge in [0.05, 0.1) is 0 Å². The molecule has 1 heterocycles. The Morgan fingerprint density at radius 1 is 1.11 bits per heavy atom. The third-order valence-electron chi connectivity index (χ3n) is 4.92. The molecular formula is C16H24OSi. The van der Waals surface area contributed by atoms with E-state index in [0.717, 1.165) is 11.5 Å². The van der Waals surface area contributed by atoms with Gasteiger partial charge in [-0.3, -0.25) is 0 Å². The minimum Gasteiger partial charge on any atom is -0.414 e. The Kier molecular flexibility index (Phi) is 3.33. The molecule has 0 spiro atoms. The van der Waals surface area contributed by atoms with Gasteiger partial charge in [0.15, 0.2) is 8.32 Å². The van der Waals surface area contributed by atoms with Gasteiger partial charge in [-0.25, -0.2) is 0 Å². The Hall–Kier alpha value is -0.603. The van der Waals surface area contributed by atoms with E-state index in [1.54, 1.807) is 0 Å². The molecule has 1 aromatic rings. The van der Waals surface area contributed by atoms with Crippen molar-refractivity contribution >= 4 is 8.32 Å². The summed E-state index contributed by atoms with van der Waals surface area (Å²) in [6.45, 7) is 4.86. The summed E-state index contributed by atoms with van der Waals surface area (Å²) in [4.78, 5) is 0. The molecule has 0 N–H and O–H groups in total. The maximum Gasteiger partial charge on any atom is 0.190 e. The third-order valence-corrected chi connectivity index (χ3v) is 8.25. The van der Waals surface area contributed by atoms with Gasteiger partial charge in [0.25, 0.3) is 0 Å². The number of hydrogen-bond donors (Lipinski definition) is 0. The largest absolute Gasteiger partial charge is 0.414 e. The van der Waals surface area contributed by atoms with E-state index in [1.165, 1.54) is 37.7 Å². The molecule has 2 heteroatoms. The van der Waals surface area contributed by atoms with Gasteiger partial charge in [0, 0.05) is 6.10 Å². The van der Waals surface area contributed by atoms with Crippen molar-refractivity contribution in [2.24, 2.45) is 5.92 Å². The van der Waals surface area contributed by atoms with Crippen LogP contribution in [0.1, 0.15) is 31.2 Å². The minimum absolute atomic E-state index is 0.592. The molecule has 98 valence electrons. The molecule has 2 fully saturated rings. The molecule has 3 atom stereocenters. The Morgan fingerprint density at radius 2 is 1.83 bits per heavy atom. The summed E-state index contributed by atoms with van der Waals surface area (Å²) in [7, 11) is -1.48. The van der Waals surface area contributed by atoms with Gasteiger partial charge < -0.3 is 4.43 Å². The minimum atomic E-state index is -1.48. The second-order valence-electron chi connectivity index (χ2n) is 6.50. The Labute approximate surface area is 112 Å². The van der Waals surface area contributed by atoms with Crippen LogP contribution in [0.5, 0.6) is 0 Å². The maximum absolute atomic E-state index is 6.48. The summed E-state index contributed by atoms with van der Waals surface area (Å²) >= 11 is 0. The Morgan fingerprint density at radius 3 is 2.61 bits per heavy atom. The van der Waals surface area contributed by atoms with Crippen molar-refractivity contribution in [2.45, 2.75) is 56.8 Å². The van der Waals surface area contributed by atoms with Crippen LogP contribution in [0.25, 0.3) is 0 Å². The number of benzene rings is 1. The SMILES string of the molecule is C[Si]1(C)O[C@H]2CCCC[C@H]2C1Cc1ccccc1. The van der Waals surface area contributed by atoms with Gasteiger partial charge in [-0.15, -0.1) is 0 Å². The first kappa shape index (κ1) is 12.4. The van der Waals surface area contributed by atoms with Gasteiger partial charge in [-0.1, -0.05) is 43.2 Å². The van der Waals surface area contributed by atoms with Crippen LogP contribution < -0.4 is 0 Å². The van der Waals surface area contributed by atoms with E-state index in [2.05, 4.69) is 43.4 Å². The first-order valence-corrected chi connectivity index (χ1v) is 10.4. The normalized spacial score (nSPS) is 34.2. The highest BCUT2D eigenvalue weighted by molar-refractivity contribution is 6.73. The first-order chi connectivity index (χ1) is 8.67. The van der Waals surface area contributed by atoms with Crippen LogP contribution >= 0.6 is 0 Å². The van der Waals surface area contributed by atoms with E-state index in [4.69, 9.17) is 4.43 Å². The molecule has 1 unspecified atom stereocenters. The van der Waals surface area contributed by atoms with E-state index in [1.807, 2.05) is 0 Å². The molecular weight excluding hydrogens is 236 g/mol. The fourth-order valence-corrected chi connectivity index (χ4v) is 7.38. The molecule has 1 aromatic carbocycles. The molecule has 0 radical (unpaired) electrons. The van der Waals surface area contributed by atoms with Crippen molar-refractivity contribution in [3.8, 4) is 0 Å². The highest BCUT2D eigenvalue weighted by Gasteiger charge is 2.50. The summed E-state index contributed by atoms with van der Waals surface area (Å²) in [5.74, 6) is 0.848. The zero-order valence-corrected chi connectivity index (χ0v) is 12.6. The number of fused-ring (bicyclic) bond motifs is 1. The molecule has 1 aliphatic carbocycles. The summed E-state index contributed by atoms with van der Waals surface area (Å²) in [6, 6.07) is 11.0. The molecule has 3 rings (SSSR count). The molecule has 18 heavy (non-hydrogen) atoms. The van der Waals surface area contributed by atoms with Crippen LogP contribution in [-0.2, 0) is 10.8 Å². The van der Waals surface area contributed by atoms with Crippen molar-refractivity contribution in [2.75, 3.05) is 0 Å². The molecule has 0 bridgehead atoms. The van der Waals surface area contributed by atoms with Crippen LogP contribution in [0.2, 0.25) is 18.6 Å². The lowest BCUT2D eigenvalue weighted by atomic mass is 9.82. The molecule has 1 saturated heterocycles. The van der Waals surface area contributed by atoms with Crippen molar-refractivity contribution in [1.29, 1.82) is 0 Å². The highest BCUT2D eigenvalue weighted by Crippen LogP contribution is 2.49. The molecule has 0 aromatic heterocycles. The van der Waals surface area contributed by atoms with Crippen molar-refractivity contribution < 1.29 is 4.43 Å². The molecule has 2 aliphatic rings. The second kappa shape index (κ2) is 4.82. The average Bonchev–Trinajstić information content (AvgIpc) is 2.62. The highest BCUT2D eigenvalue weighted by atomic mass is 28.4.